The zero-order valence-electron chi connectivity index (χ0n) is 12.0. The van der Waals surface area contributed by atoms with Gasteiger partial charge in [-0.3, -0.25) is 4.79 Å². The molecule has 0 saturated carbocycles. The highest BCUT2D eigenvalue weighted by Crippen LogP contribution is 2.30. The first-order valence-corrected chi connectivity index (χ1v) is 6.10. The number of carboxylic acid groups (broad SMARTS) is 1. The van der Waals surface area contributed by atoms with Crippen molar-refractivity contribution in [3.63, 3.8) is 0 Å². The molecule has 0 unspecified atom stereocenters. The molecule has 0 aliphatic carbocycles. The van der Waals surface area contributed by atoms with E-state index in [2.05, 4.69) is 5.32 Å². The van der Waals surface area contributed by atoms with Crippen LogP contribution in [0.5, 0.6) is 0 Å². The summed E-state index contributed by atoms with van der Waals surface area (Å²) in [6, 6.07) is 3.21. The van der Waals surface area contributed by atoms with Gasteiger partial charge in [0, 0.05) is 5.54 Å². The van der Waals surface area contributed by atoms with Crippen LogP contribution in [0.2, 0.25) is 0 Å². The topological polar surface area (TPSA) is 92.4 Å². The average molecular weight is 282 g/mol. The Kier molecular flexibility index (Phi) is 4.19. The highest BCUT2D eigenvalue weighted by atomic mass is 19.1. The van der Waals surface area contributed by atoms with Gasteiger partial charge in [0.15, 0.2) is 0 Å². The Morgan fingerprint density at radius 3 is 2.25 bits per heavy atom. The van der Waals surface area contributed by atoms with Gasteiger partial charge in [-0.1, -0.05) is 0 Å². The van der Waals surface area contributed by atoms with E-state index in [4.69, 9.17) is 10.8 Å². The van der Waals surface area contributed by atoms with Crippen molar-refractivity contribution in [3.05, 3.63) is 29.6 Å². The van der Waals surface area contributed by atoms with E-state index < -0.39 is 28.6 Å². The van der Waals surface area contributed by atoms with Gasteiger partial charge in [-0.2, -0.15) is 0 Å². The van der Waals surface area contributed by atoms with E-state index in [1.807, 2.05) is 0 Å². The first-order valence-electron chi connectivity index (χ1n) is 6.10. The highest BCUT2D eigenvalue weighted by molar-refractivity contribution is 5.97. The number of hydrogen-bond donors (Lipinski definition) is 3. The number of amides is 1. The summed E-state index contributed by atoms with van der Waals surface area (Å²) in [6.07, 6.45) is 0. The predicted molar refractivity (Wildman–Crippen MR) is 74.0 cm³/mol. The molecule has 110 valence electrons. The molecular weight excluding hydrogens is 263 g/mol. The van der Waals surface area contributed by atoms with Crippen LogP contribution >= 0.6 is 0 Å². The maximum Gasteiger partial charge on any atom is 0.335 e. The number of nitrogens with one attached hydrogen (secondary N) is 1. The fourth-order valence-corrected chi connectivity index (χ4v) is 1.33. The number of rotatable bonds is 4. The van der Waals surface area contributed by atoms with Crippen LogP contribution in [0.1, 0.15) is 38.1 Å². The van der Waals surface area contributed by atoms with E-state index in [1.165, 1.54) is 0 Å². The first-order chi connectivity index (χ1) is 8.96. The smallest absolute Gasteiger partial charge is 0.335 e. The van der Waals surface area contributed by atoms with E-state index in [-0.39, 0.29) is 11.3 Å². The third kappa shape index (κ3) is 3.14. The fraction of sp³-hybridized carbons (Fsp3) is 0.429. The third-order valence-corrected chi connectivity index (χ3v) is 3.64. The molecule has 0 fully saturated rings. The standard InChI is InChI=1S/C14H19FN2O3/c1-13(2,14(3,4)16)12(20)17-10-7-8(11(18)19)5-6-9(10)15/h5-7H,16H2,1-4H3,(H,17,20)(H,18,19). The van der Waals surface area contributed by atoms with E-state index in [0.717, 1.165) is 18.2 Å². The first kappa shape index (κ1) is 16.1. The van der Waals surface area contributed by atoms with Crippen molar-refractivity contribution >= 4 is 17.6 Å². The summed E-state index contributed by atoms with van der Waals surface area (Å²) in [5.41, 5.74) is 3.88. The minimum Gasteiger partial charge on any atom is -0.478 e. The Morgan fingerprint density at radius 2 is 1.80 bits per heavy atom. The van der Waals surface area contributed by atoms with Crippen LogP contribution in [0.15, 0.2) is 18.2 Å². The molecule has 0 radical (unpaired) electrons. The molecule has 0 saturated heterocycles. The van der Waals surface area contributed by atoms with E-state index in [9.17, 15) is 14.0 Å². The monoisotopic (exact) mass is 282 g/mol. The second kappa shape index (κ2) is 5.20. The SMILES string of the molecule is CC(C)(N)C(C)(C)C(=O)Nc1cc(C(=O)O)ccc1F. The zero-order chi connectivity index (χ0) is 15.7. The number of carbonyl (C=O) groups is 2. The van der Waals surface area contributed by atoms with Gasteiger partial charge in [-0.15, -0.1) is 0 Å². The quantitative estimate of drug-likeness (QED) is 0.789. The van der Waals surface area contributed by atoms with Gasteiger partial charge in [-0.25, -0.2) is 9.18 Å². The molecule has 0 bridgehead atoms. The summed E-state index contributed by atoms with van der Waals surface area (Å²) in [5.74, 6) is -2.38. The molecule has 0 atom stereocenters. The number of carboxylic acids is 1. The Labute approximate surface area is 117 Å². The van der Waals surface area contributed by atoms with E-state index in [0.29, 0.717) is 0 Å². The minimum atomic E-state index is -1.20. The minimum absolute atomic E-state index is 0.105. The Hall–Kier alpha value is -1.95. The lowest BCUT2D eigenvalue weighted by Gasteiger charge is -2.36. The summed E-state index contributed by atoms with van der Waals surface area (Å²) in [4.78, 5) is 23.1. The van der Waals surface area contributed by atoms with Crippen LogP contribution in [0.4, 0.5) is 10.1 Å². The summed E-state index contributed by atoms with van der Waals surface area (Å²) in [5, 5.41) is 11.3. The molecule has 0 aliphatic rings. The third-order valence-electron chi connectivity index (χ3n) is 3.64. The van der Waals surface area contributed by atoms with Crippen LogP contribution in [0, 0.1) is 11.2 Å². The van der Waals surface area contributed by atoms with Gasteiger partial charge in [-0.05, 0) is 45.9 Å². The number of benzene rings is 1. The number of nitrogens with two attached hydrogens (primary N) is 1. The maximum atomic E-state index is 13.6. The van der Waals surface area contributed by atoms with Crippen molar-refractivity contribution in [2.24, 2.45) is 11.1 Å². The molecule has 4 N–H and O–H groups in total. The summed E-state index contributed by atoms with van der Waals surface area (Å²) in [7, 11) is 0. The number of aromatic carboxylic acids is 1. The largest absolute Gasteiger partial charge is 0.478 e. The average Bonchev–Trinajstić information content (AvgIpc) is 2.29. The summed E-state index contributed by atoms with van der Waals surface area (Å²) in [6.45, 7) is 6.66. The van der Waals surface area contributed by atoms with Gasteiger partial charge in [0.2, 0.25) is 5.91 Å². The lowest BCUT2D eigenvalue weighted by Crippen LogP contribution is -2.53. The Balaban J connectivity index is 3.08. The van der Waals surface area contributed by atoms with Crippen molar-refractivity contribution in [2.75, 3.05) is 5.32 Å². The van der Waals surface area contributed by atoms with Crippen molar-refractivity contribution in [2.45, 2.75) is 33.2 Å². The molecule has 0 heterocycles. The predicted octanol–water partition coefficient (Wildman–Crippen LogP) is 2.23. The van der Waals surface area contributed by atoms with Gasteiger partial charge < -0.3 is 16.2 Å². The number of hydrogen-bond acceptors (Lipinski definition) is 3. The molecule has 0 aliphatic heterocycles. The van der Waals surface area contributed by atoms with Gasteiger partial charge in [0.1, 0.15) is 5.82 Å². The number of halogens is 1. The van der Waals surface area contributed by atoms with Crippen LogP contribution < -0.4 is 11.1 Å². The molecule has 5 nitrogen and oxygen atoms in total. The van der Waals surface area contributed by atoms with Crippen LogP contribution in [-0.2, 0) is 4.79 Å². The summed E-state index contributed by atoms with van der Waals surface area (Å²) >= 11 is 0. The highest BCUT2D eigenvalue weighted by Gasteiger charge is 2.40. The van der Waals surface area contributed by atoms with Crippen molar-refractivity contribution in [1.29, 1.82) is 0 Å². The summed E-state index contributed by atoms with van der Waals surface area (Å²) < 4.78 is 13.6. The molecule has 0 aromatic heterocycles. The molecule has 1 rings (SSSR count). The Morgan fingerprint density at radius 1 is 1.25 bits per heavy atom. The molecule has 20 heavy (non-hydrogen) atoms. The van der Waals surface area contributed by atoms with Crippen molar-refractivity contribution in [1.82, 2.24) is 0 Å². The normalized spacial score (nSPS) is 12.1. The molecule has 0 spiro atoms. The van der Waals surface area contributed by atoms with Gasteiger partial charge in [0.25, 0.3) is 0 Å². The molecule has 6 heteroatoms. The number of carbonyl (C=O) groups excluding carboxylic acids is 1. The molecule has 1 amide bonds. The lowest BCUT2D eigenvalue weighted by atomic mass is 9.74. The Bertz CT molecular complexity index is 548. The molecule has 1 aromatic rings. The van der Waals surface area contributed by atoms with Crippen LogP contribution in [0.25, 0.3) is 0 Å². The van der Waals surface area contributed by atoms with Crippen molar-refractivity contribution in [3.8, 4) is 0 Å². The zero-order valence-corrected chi connectivity index (χ0v) is 12.0. The van der Waals surface area contributed by atoms with Gasteiger partial charge >= 0.3 is 5.97 Å². The second-order valence-electron chi connectivity index (χ2n) is 5.80. The molecular formula is C14H19FN2O3. The lowest BCUT2D eigenvalue weighted by molar-refractivity contribution is -0.126. The van der Waals surface area contributed by atoms with Gasteiger partial charge in [0.05, 0.1) is 16.7 Å². The molecule has 1 aromatic carbocycles. The van der Waals surface area contributed by atoms with E-state index in [1.54, 1.807) is 27.7 Å². The van der Waals surface area contributed by atoms with Crippen LogP contribution in [-0.4, -0.2) is 22.5 Å². The number of anilines is 1. The second-order valence-corrected chi connectivity index (χ2v) is 5.80. The van der Waals surface area contributed by atoms with E-state index >= 15 is 0 Å². The van der Waals surface area contributed by atoms with Crippen LogP contribution in [0.3, 0.4) is 0 Å². The fourth-order valence-electron chi connectivity index (χ4n) is 1.33. The maximum absolute atomic E-state index is 13.6. The van der Waals surface area contributed by atoms with Crippen molar-refractivity contribution < 1.29 is 19.1 Å².